The third kappa shape index (κ3) is 3.24. The highest BCUT2D eigenvalue weighted by Crippen LogP contribution is 2.34. The van der Waals surface area contributed by atoms with Crippen molar-refractivity contribution in [1.82, 2.24) is 5.32 Å². The van der Waals surface area contributed by atoms with Crippen molar-refractivity contribution >= 4 is 61.9 Å². The van der Waals surface area contributed by atoms with Crippen molar-refractivity contribution in [2.45, 2.75) is 0 Å². The summed E-state index contributed by atoms with van der Waals surface area (Å²) in [6, 6.07) is 16.5. The van der Waals surface area contributed by atoms with E-state index in [4.69, 9.17) is 29.1 Å². The number of nitrogens with zero attached hydrogens (tertiary/aromatic N) is 1. The molecule has 24 heavy (non-hydrogen) atoms. The number of hydrogen-bond donors (Lipinski definition) is 2. The average molecular weight is 372 g/mol. The Morgan fingerprint density at radius 2 is 1.88 bits per heavy atom. The molecule has 0 radical (unpaired) electrons. The second kappa shape index (κ2) is 6.97. The van der Waals surface area contributed by atoms with Crippen LogP contribution in [0.3, 0.4) is 0 Å². The molecule has 1 amide bonds. The molecule has 3 rings (SSSR count). The molecule has 2 aromatic carbocycles. The lowest BCUT2D eigenvalue weighted by molar-refractivity contribution is 0.0982. The zero-order valence-corrected chi connectivity index (χ0v) is 14.6. The van der Waals surface area contributed by atoms with Crippen LogP contribution in [0.4, 0.5) is 5.69 Å². The van der Waals surface area contributed by atoms with E-state index in [9.17, 15) is 4.79 Å². The smallest absolute Gasteiger partial charge is 0.269 e. The summed E-state index contributed by atoms with van der Waals surface area (Å²) >= 11 is 12.7. The number of halogens is 1. The number of benzene rings is 2. The van der Waals surface area contributed by atoms with Gasteiger partial charge >= 0.3 is 0 Å². The van der Waals surface area contributed by atoms with E-state index in [0.717, 1.165) is 10.1 Å². The molecule has 0 fully saturated rings. The molecule has 0 aliphatic heterocycles. The van der Waals surface area contributed by atoms with Crippen LogP contribution in [0.5, 0.6) is 0 Å². The fraction of sp³-hybridized carbons (Fsp3) is 0. The lowest BCUT2D eigenvalue weighted by Gasteiger charge is -2.10. The van der Waals surface area contributed by atoms with Crippen LogP contribution in [0.25, 0.3) is 10.1 Å². The number of nitriles is 1. The second-order valence-electron chi connectivity index (χ2n) is 4.81. The van der Waals surface area contributed by atoms with Crippen molar-refractivity contribution in [2.75, 3.05) is 5.32 Å². The number of rotatable bonds is 2. The zero-order chi connectivity index (χ0) is 17.1. The molecule has 0 aliphatic rings. The van der Waals surface area contributed by atoms with E-state index in [1.54, 1.807) is 24.3 Å². The summed E-state index contributed by atoms with van der Waals surface area (Å²) < 4.78 is 0.932. The van der Waals surface area contributed by atoms with Gasteiger partial charge in [0.15, 0.2) is 5.11 Å². The first-order chi connectivity index (χ1) is 11.6. The molecule has 0 saturated heterocycles. The molecule has 0 atom stereocenters. The van der Waals surface area contributed by atoms with Crippen LogP contribution in [-0.2, 0) is 0 Å². The molecule has 7 heteroatoms. The summed E-state index contributed by atoms with van der Waals surface area (Å²) in [6.45, 7) is 0. The number of nitrogens with one attached hydrogen (secondary N) is 2. The molecule has 0 saturated carbocycles. The Bertz CT molecular complexity index is 991. The number of carbonyl (C=O) groups is 1. The summed E-state index contributed by atoms with van der Waals surface area (Å²) in [5.41, 5.74) is 0.974. The van der Waals surface area contributed by atoms with Crippen LogP contribution in [0, 0.1) is 11.3 Å². The molecule has 1 aromatic heterocycles. The van der Waals surface area contributed by atoms with Gasteiger partial charge in [-0.05, 0) is 30.4 Å². The Kier molecular flexibility index (Phi) is 4.76. The first-order valence-electron chi connectivity index (χ1n) is 6.88. The van der Waals surface area contributed by atoms with E-state index in [1.165, 1.54) is 11.3 Å². The van der Waals surface area contributed by atoms with E-state index in [0.29, 0.717) is 21.2 Å². The molecule has 0 unspecified atom stereocenters. The standard InChI is InChI=1S/C17H10ClN3OS2/c18-14-11-6-2-4-8-13(11)24-15(14)16(22)21-17(23)20-12-7-3-1-5-10(12)9-19/h1-8H,(H2,20,21,22,23). The summed E-state index contributed by atoms with van der Waals surface area (Å²) in [5, 5.41) is 15.9. The van der Waals surface area contributed by atoms with Crippen LogP contribution in [0.1, 0.15) is 15.2 Å². The minimum atomic E-state index is -0.381. The number of thiophene rings is 1. The maximum atomic E-state index is 12.4. The van der Waals surface area contributed by atoms with E-state index in [1.807, 2.05) is 24.3 Å². The van der Waals surface area contributed by atoms with Gasteiger partial charge in [-0.3, -0.25) is 10.1 Å². The molecular weight excluding hydrogens is 362 g/mol. The van der Waals surface area contributed by atoms with Crippen LogP contribution >= 0.6 is 35.2 Å². The topological polar surface area (TPSA) is 64.9 Å². The highest BCUT2D eigenvalue weighted by atomic mass is 35.5. The molecule has 0 spiro atoms. The van der Waals surface area contributed by atoms with Gasteiger partial charge in [0, 0.05) is 10.1 Å². The minimum Gasteiger partial charge on any atom is -0.331 e. The highest BCUT2D eigenvalue weighted by Gasteiger charge is 2.18. The van der Waals surface area contributed by atoms with Crippen LogP contribution in [0.15, 0.2) is 48.5 Å². The molecule has 2 N–H and O–H groups in total. The number of amides is 1. The number of para-hydroxylation sites is 1. The number of fused-ring (bicyclic) bond motifs is 1. The maximum Gasteiger partial charge on any atom is 0.269 e. The van der Waals surface area contributed by atoms with Crippen molar-refractivity contribution in [3.63, 3.8) is 0 Å². The molecule has 3 aromatic rings. The Hall–Kier alpha value is -2.46. The number of thiocarbonyl (C=S) groups is 1. The molecule has 0 aliphatic carbocycles. The van der Waals surface area contributed by atoms with E-state index >= 15 is 0 Å². The first-order valence-corrected chi connectivity index (χ1v) is 8.49. The Balaban J connectivity index is 1.78. The normalized spacial score (nSPS) is 10.2. The van der Waals surface area contributed by atoms with E-state index in [2.05, 4.69) is 16.7 Å². The molecular formula is C17H10ClN3OS2. The third-order valence-corrected chi connectivity index (χ3v) is 5.14. The van der Waals surface area contributed by atoms with Crippen molar-refractivity contribution < 1.29 is 4.79 Å². The Morgan fingerprint density at radius 3 is 2.62 bits per heavy atom. The molecule has 0 bridgehead atoms. The molecule has 1 heterocycles. The van der Waals surface area contributed by atoms with Crippen molar-refractivity contribution in [1.29, 1.82) is 5.26 Å². The maximum absolute atomic E-state index is 12.4. The minimum absolute atomic E-state index is 0.108. The number of hydrogen-bond acceptors (Lipinski definition) is 4. The van der Waals surface area contributed by atoms with Crippen LogP contribution in [-0.4, -0.2) is 11.0 Å². The van der Waals surface area contributed by atoms with E-state index in [-0.39, 0.29) is 11.0 Å². The Morgan fingerprint density at radius 1 is 1.17 bits per heavy atom. The zero-order valence-electron chi connectivity index (χ0n) is 12.2. The number of anilines is 1. The van der Waals surface area contributed by atoms with Crippen molar-refractivity contribution in [2.24, 2.45) is 0 Å². The lowest BCUT2D eigenvalue weighted by atomic mass is 10.2. The van der Waals surface area contributed by atoms with Gasteiger partial charge in [-0.15, -0.1) is 11.3 Å². The van der Waals surface area contributed by atoms with Gasteiger partial charge in [0.05, 0.1) is 16.3 Å². The fourth-order valence-corrected chi connectivity index (χ4v) is 3.78. The highest BCUT2D eigenvalue weighted by molar-refractivity contribution is 7.80. The first kappa shape index (κ1) is 16.4. The number of carbonyl (C=O) groups excluding carboxylic acids is 1. The van der Waals surface area contributed by atoms with Crippen LogP contribution < -0.4 is 10.6 Å². The van der Waals surface area contributed by atoms with Crippen molar-refractivity contribution in [3.05, 3.63) is 64.0 Å². The predicted molar refractivity (Wildman–Crippen MR) is 102 cm³/mol. The van der Waals surface area contributed by atoms with Gasteiger partial charge in [-0.2, -0.15) is 5.26 Å². The second-order valence-corrected chi connectivity index (χ2v) is 6.65. The Labute approximate surface area is 152 Å². The fourth-order valence-electron chi connectivity index (χ4n) is 2.16. The average Bonchev–Trinajstić information content (AvgIpc) is 2.93. The van der Waals surface area contributed by atoms with Crippen molar-refractivity contribution in [3.8, 4) is 6.07 Å². The summed E-state index contributed by atoms with van der Waals surface area (Å²) in [4.78, 5) is 12.8. The van der Waals surface area contributed by atoms with Gasteiger partial charge in [0.25, 0.3) is 5.91 Å². The van der Waals surface area contributed by atoms with Gasteiger partial charge in [-0.1, -0.05) is 41.9 Å². The van der Waals surface area contributed by atoms with Gasteiger partial charge in [0.1, 0.15) is 10.9 Å². The molecule has 4 nitrogen and oxygen atoms in total. The predicted octanol–water partition coefficient (Wildman–Crippen LogP) is 4.55. The van der Waals surface area contributed by atoms with Gasteiger partial charge in [-0.25, -0.2) is 0 Å². The summed E-state index contributed by atoms with van der Waals surface area (Å²) in [5.74, 6) is -0.381. The van der Waals surface area contributed by atoms with Crippen LogP contribution in [0.2, 0.25) is 5.02 Å². The SMILES string of the molecule is N#Cc1ccccc1NC(=S)NC(=O)c1sc2ccccc2c1Cl. The molecule has 118 valence electrons. The summed E-state index contributed by atoms with van der Waals surface area (Å²) in [6.07, 6.45) is 0. The monoisotopic (exact) mass is 371 g/mol. The third-order valence-electron chi connectivity index (χ3n) is 3.26. The summed E-state index contributed by atoms with van der Waals surface area (Å²) in [7, 11) is 0. The van der Waals surface area contributed by atoms with Gasteiger partial charge < -0.3 is 5.32 Å². The lowest BCUT2D eigenvalue weighted by Crippen LogP contribution is -2.34. The quantitative estimate of drug-likeness (QED) is 0.648. The largest absolute Gasteiger partial charge is 0.331 e. The van der Waals surface area contributed by atoms with E-state index < -0.39 is 0 Å². The van der Waals surface area contributed by atoms with Gasteiger partial charge in [0.2, 0.25) is 0 Å².